The second kappa shape index (κ2) is 5.08. The van der Waals surface area contributed by atoms with E-state index in [2.05, 4.69) is 9.72 Å². The molecule has 0 radical (unpaired) electrons. The number of aromatic nitrogens is 1. The van der Waals surface area contributed by atoms with E-state index in [1.165, 1.54) is 0 Å². The van der Waals surface area contributed by atoms with Crippen LogP contribution in [0.4, 0.5) is 18.9 Å². The number of nitrogens with zero attached hydrogens (tertiary/aromatic N) is 1. The second-order valence-corrected chi connectivity index (χ2v) is 3.28. The van der Waals surface area contributed by atoms with E-state index in [-0.39, 0.29) is 23.5 Å². The summed E-state index contributed by atoms with van der Waals surface area (Å²) in [5.41, 5.74) is 10.4. The van der Waals surface area contributed by atoms with Gasteiger partial charge in [-0.2, -0.15) is 0 Å². The molecular formula is C9H10F3N3O3. The molecule has 0 aliphatic rings. The number of aliphatic carboxylic acids is 1. The number of nitrogen functional groups attached to an aromatic ring is 1. The van der Waals surface area contributed by atoms with E-state index in [1.807, 2.05) is 0 Å². The third-order valence-electron chi connectivity index (χ3n) is 2.02. The molecule has 0 fully saturated rings. The van der Waals surface area contributed by atoms with E-state index < -0.39 is 24.5 Å². The molecule has 1 heterocycles. The van der Waals surface area contributed by atoms with Crippen LogP contribution in [-0.2, 0) is 17.8 Å². The first-order chi connectivity index (χ1) is 8.24. The highest BCUT2D eigenvalue weighted by Gasteiger charge is 2.32. The molecule has 9 heteroatoms. The average Bonchev–Trinajstić information content (AvgIpc) is 2.20. The topological polar surface area (TPSA) is 111 Å². The molecule has 0 aromatic carbocycles. The Morgan fingerprint density at radius 1 is 1.50 bits per heavy atom. The minimum Gasteiger partial charge on any atom is -0.481 e. The molecule has 0 atom stereocenters. The summed E-state index contributed by atoms with van der Waals surface area (Å²) in [6.07, 6.45) is -4.65. The maximum absolute atomic E-state index is 12.1. The standard InChI is InChI=1S/C9H10F3N3O3/c10-9(11,12)18-6-3-15-5(1-7(16)17)8(14)4(6)2-13/h3H,1-2,13-14H2,(H,16,17). The number of pyridine rings is 1. The van der Waals surface area contributed by atoms with Crippen LogP contribution in [0.5, 0.6) is 5.75 Å². The number of alkyl halides is 3. The number of halogens is 3. The SMILES string of the molecule is NCc1c(OC(F)(F)F)cnc(CC(=O)O)c1N. The van der Waals surface area contributed by atoms with Crippen LogP contribution in [0.1, 0.15) is 11.3 Å². The monoisotopic (exact) mass is 265 g/mol. The fourth-order valence-electron chi connectivity index (χ4n) is 1.30. The van der Waals surface area contributed by atoms with Gasteiger partial charge in [-0.15, -0.1) is 13.2 Å². The third-order valence-corrected chi connectivity index (χ3v) is 2.02. The Labute approximate surface area is 99.4 Å². The summed E-state index contributed by atoms with van der Waals surface area (Å²) in [6.45, 7) is -0.327. The molecule has 0 bridgehead atoms. The van der Waals surface area contributed by atoms with Gasteiger partial charge in [-0.1, -0.05) is 0 Å². The van der Waals surface area contributed by atoms with Crippen molar-refractivity contribution in [2.75, 3.05) is 5.73 Å². The van der Waals surface area contributed by atoms with Gasteiger partial charge in [0.05, 0.1) is 24.0 Å². The van der Waals surface area contributed by atoms with Gasteiger partial charge in [-0.05, 0) is 0 Å². The van der Waals surface area contributed by atoms with E-state index in [0.717, 1.165) is 6.20 Å². The highest BCUT2D eigenvalue weighted by Crippen LogP contribution is 2.30. The van der Waals surface area contributed by atoms with E-state index in [4.69, 9.17) is 16.6 Å². The van der Waals surface area contributed by atoms with Crippen molar-refractivity contribution in [2.45, 2.75) is 19.3 Å². The zero-order valence-electron chi connectivity index (χ0n) is 8.99. The Kier molecular flexibility index (Phi) is 3.96. The number of rotatable bonds is 4. The Hall–Kier alpha value is -2.03. The number of carboxylic acid groups (broad SMARTS) is 1. The zero-order chi connectivity index (χ0) is 13.9. The maximum atomic E-state index is 12.1. The summed E-state index contributed by atoms with van der Waals surface area (Å²) >= 11 is 0. The van der Waals surface area contributed by atoms with Crippen LogP contribution in [-0.4, -0.2) is 22.4 Å². The van der Waals surface area contributed by atoms with Crippen molar-refractivity contribution in [1.29, 1.82) is 0 Å². The molecular weight excluding hydrogens is 255 g/mol. The summed E-state index contributed by atoms with van der Waals surface area (Å²) < 4.78 is 39.9. The van der Waals surface area contributed by atoms with Crippen molar-refractivity contribution in [3.05, 3.63) is 17.5 Å². The molecule has 100 valence electrons. The zero-order valence-corrected chi connectivity index (χ0v) is 8.99. The predicted molar refractivity (Wildman–Crippen MR) is 54.6 cm³/mol. The van der Waals surface area contributed by atoms with E-state index in [9.17, 15) is 18.0 Å². The van der Waals surface area contributed by atoms with Crippen LogP contribution in [0.15, 0.2) is 6.20 Å². The molecule has 0 aliphatic carbocycles. The molecule has 18 heavy (non-hydrogen) atoms. The summed E-state index contributed by atoms with van der Waals surface area (Å²) in [5, 5.41) is 8.57. The molecule has 6 nitrogen and oxygen atoms in total. The lowest BCUT2D eigenvalue weighted by molar-refractivity contribution is -0.275. The largest absolute Gasteiger partial charge is 0.573 e. The number of hydrogen-bond acceptors (Lipinski definition) is 5. The number of carboxylic acids is 1. The molecule has 0 aliphatic heterocycles. The molecule has 0 spiro atoms. The average molecular weight is 265 g/mol. The molecule has 0 saturated heterocycles. The Morgan fingerprint density at radius 2 is 2.11 bits per heavy atom. The first-order valence-corrected chi connectivity index (χ1v) is 4.68. The van der Waals surface area contributed by atoms with Crippen LogP contribution >= 0.6 is 0 Å². The van der Waals surface area contributed by atoms with Crippen LogP contribution < -0.4 is 16.2 Å². The van der Waals surface area contributed by atoms with Gasteiger partial charge in [0.25, 0.3) is 0 Å². The van der Waals surface area contributed by atoms with Gasteiger partial charge in [0.15, 0.2) is 5.75 Å². The normalized spacial score (nSPS) is 11.3. The van der Waals surface area contributed by atoms with Crippen LogP contribution in [0.25, 0.3) is 0 Å². The Bertz CT molecular complexity index is 462. The van der Waals surface area contributed by atoms with Crippen molar-refractivity contribution in [1.82, 2.24) is 4.98 Å². The number of carbonyl (C=O) groups is 1. The highest BCUT2D eigenvalue weighted by atomic mass is 19.4. The van der Waals surface area contributed by atoms with Crippen molar-refractivity contribution < 1.29 is 27.8 Å². The molecule has 1 aromatic heterocycles. The van der Waals surface area contributed by atoms with Crippen molar-refractivity contribution in [3.8, 4) is 5.75 Å². The van der Waals surface area contributed by atoms with Gasteiger partial charge in [-0.25, -0.2) is 0 Å². The van der Waals surface area contributed by atoms with E-state index in [1.54, 1.807) is 0 Å². The molecule has 0 saturated carbocycles. The third kappa shape index (κ3) is 3.48. The Morgan fingerprint density at radius 3 is 2.56 bits per heavy atom. The number of nitrogens with two attached hydrogens (primary N) is 2. The lowest BCUT2D eigenvalue weighted by atomic mass is 10.1. The fraction of sp³-hybridized carbons (Fsp3) is 0.333. The molecule has 0 unspecified atom stereocenters. The fourth-order valence-corrected chi connectivity index (χ4v) is 1.30. The van der Waals surface area contributed by atoms with Crippen LogP contribution in [0, 0.1) is 0 Å². The molecule has 1 aromatic rings. The predicted octanol–water partition coefficient (Wildman–Crippen LogP) is 0.648. The maximum Gasteiger partial charge on any atom is 0.573 e. The summed E-state index contributed by atoms with van der Waals surface area (Å²) in [5.74, 6) is -1.83. The number of hydrogen-bond donors (Lipinski definition) is 3. The van der Waals surface area contributed by atoms with Crippen molar-refractivity contribution >= 4 is 11.7 Å². The van der Waals surface area contributed by atoms with Gasteiger partial charge < -0.3 is 21.3 Å². The smallest absolute Gasteiger partial charge is 0.481 e. The molecule has 0 amide bonds. The van der Waals surface area contributed by atoms with Crippen molar-refractivity contribution in [3.63, 3.8) is 0 Å². The minimum absolute atomic E-state index is 0.0579. The van der Waals surface area contributed by atoms with E-state index in [0.29, 0.717) is 0 Å². The Balaban J connectivity index is 3.16. The molecule has 5 N–H and O–H groups in total. The number of anilines is 1. The van der Waals surface area contributed by atoms with E-state index >= 15 is 0 Å². The summed E-state index contributed by atoms with van der Waals surface area (Å²) in [6, 6.07) is 0. The van der Waals surface area contributed by atoms with Gasteiger partial charge in [0.1, 0.15) is 0 Å². The van der Waals surface area contributed by atoms with Crippen LogP contribution in [0.3, 0.4) is 0 Å². The first-order valence-electron chi connectivity index (χ1n) is 4.68. The summed E-state index contributed by atoms with van der Waals surface area (Å²) in [4.78, 5) is 14.0. The molecule has 1 rings (SSSR count). The van der Waals surface area contributed by atoms with Gasteiger partial charge in [0, 0.05) is 12.1 Å². The second-order valence-electron chi connectivity index (χ2n) is 3.28. The minimum atomic E-state index is -4.90. The lowest BCUT2D eigenvalue weighted by Gasteiger charge is -2.15. The lowest BCUT2D eigenvalue weighted by Crippen LogP contribution is -2.20. The van der Waals surface area contributed by atoms with Gasteiger partial charge >= 0.3 is 12.3 Å². The first kappa shape index (κ1) is 14.0. The van der Waals surface area contributed by atoms with Gasteiger partial charge in [-0.3, -0.25) is 9.78 Å². The van der Waals surface area contributed by atoms with Crippen molar-refractivity contribution in [2.24, 2.45) is 5.73 Å². The highest BCUT2D eigenvalue weighted by molar-refractivity contribution is 5.73. The van der Waals surface area contributed by atoms with Gasteiger partial charge in [0.2, 0.25) is 0 Å². The number of ether oxygens (including phenoxy) is 1. The quantitative estimate of drug-likeness (QED) is 0.736. The van der Waals surface area contributed by atoms with Crippen LogP contribution in [0.2, 0.25) is 0 Å². The summed E-state index contributed by atoms with van der Waals surface area (Å²) in [7, 11) is 0.